The van der Waals surface area contributed by atoms with Gasteiger partial charge in [0.25, 0.3) is 0 Å². The minimum absolute atomic E-state index is 0.101. The Bertz CT molecular complexity index is 443. The van der Waals surface area contributed by atoms with Crippen LogP contribution in [0.25, 0.3) is 0 Å². The van der Waals surface area contributed by atoms with E-state index in [0.717, 1.165) is 6.20 Å². The third-order valence-corrected chi connectivity index (χ3v) is 2.39. The van der Waals surface area contributed by atoms with Crippen molar-refractivity contribution in [2.75, 3.05) is 30.6 Å². The van der Waals surface area contributed by atoms with Crippen LogP contribution in [0, 0.1) is 10.1 Å². The van der Waals surface area contributed by atoms with Crippen molar-refractivity contribution in [2.45, 2.75) is 5.54 Å². The second-order valence-corrected chi connectivity index (χ2v) is 3.71. The third kappa shape index (κ3) is 3.23. The monoisotopic (exact) mass is 274 g/mol. The Morgan fingerprint density at radius 1 is 1.37 bits per heavy atom. The van der Waals surface area contributed by atoms with Crippen molar-refractivity contribution in [2.24, 2.45) is 5.84 Å². The molecule has 7 N–H and O–H groups in total. The maximum Gasteiger partial charge on any atom is 0.329 e. The molecule has 0 radical (unpaired) electrons. The van der Waals surface area contributed by atoms with Gasteiger partial charge in [0.2, 0.25) is 11.8 Å². The molecule has 1 aromatic rings. The van der Waals surface area contributed by atoms with E-state index in [1.54, 1.807) is 0 Å². The SMILES string of the molecule is NNc1ncc([N+](=O)[O-])c(NC(CO)(CO)CO)n1. The molecule has 1 heterocycles. The van der Waals surface area contributed by atoms with Crippen LogP contribution >= 0.6 is 0 Å². The second kappa shape index (κ2) is 6.19. The lowest BCUT2D eigenvalue weighted by atomic mass is 10.0. The summed E-state index contributed by atoms with van der Waals surface area (Å²) in [7, 11) is 0. The zero-order valence-electron chi connectivity index (χ0n) is 9.78. The predicted octanol–water partition coefficient (Wildman–Crippen LogP) is -2.20. The molecule has 0 unspecified atom stereocenters. The summed E-state index contributed by atoms with van der Waals surface area (Å²) in [5.74, 6) is 4.70. The maximum atomic E-state index is 10.8. The van der Waals surface area contributed by atoms with Gasteiger partial charge in [0.1, 0.15) is 11.7 Å². The maximum absolute atomic E-state index is 10.8. The molecule has 0 saturated carbocycles. The normalized spacial score (nSPS) is 11.2. The Balaban J connectivity index is 3.19. The summed E-state index contributed by atoms with van der Waals surface area (Å²) in [6, 6.07) is 0. The first-order chi connectivity index (χ1) is 9.01. The molecule has 0 amide bonds. The fraction of sp³-hybridized carbons (Fsp3) is 0.500. The molecule has 1 rings (SSSR count). The summed E-state index contributed by atoms with van der Waals surface area (Å²) < 4.78 is 0. The quantitative estimate of drug-likeness (QED) is 0.181. The highest BCUT2D eigenvalue weighted by Crippen LogP contribution is 2.24. The Morgan fingerprint density at radius 2 is 1.95 bits per heavy atom. The number of hydrazine groups is 1. The van der Waals surface area contributed by atoms with Crippen LogP contribution in [0.5, 0.6) is 0 Å². The summed E-state index contributed by atoms with van der Waals surface area (Å²) in [5.41, 5.74) is 0.0631. The summed E-state index contributed by atoms with van der Waals surface area (Å²) >= 11 is 0. The summed E-state index contributed by atoms with van der Waals surface area (Å²) in [6.07, 6.45) is 0.904. The van der Waals surface area contributed by atoms with Crippen molar-refractivity contribution in [1.82, 2.24) is 9.97 Å². The Hall–Kier alpha value is -2.08. The van der Waals surface area contributed by atoms with Gasteiger partial charge in [0, 0.05) is 0 Å². The molecule has 19 heavy (non-hydrogen) atoms. The average Bonchev–Trinajstić information content (AvgIpc) is 2.44. The number of hydrogen-bond donors (Lipinski definition) is 6. The molecule has 0 aliphatic carbocycles. The van der Waals surface area contributed by atoms with Crippen molar-refractivity contribution >= 4 is 17.5 Å². The lowest BCUT2D eigenvalue weighted by Gasteiger charge is -2.28. The minimum Gasteiger partial charge on any atom is -0.394 e. The number of nitrogens with two attached hydrogens (primary N) is 1. The van der Waals surface area contributed by atoms with Gasteiger partial charge in [-0.2, -0.15) is 4.98 Å². The topological polar surface area (TPSA) is 180 Å². The van der Waals surface area contributed by atoms with Gasteiger partial charge >= 0.3 is 5.69 Å². The van der Waals surface area contributed by atoms with Crippen LogP contribution in [0.3, 0.4) is 0 Å². The molecule has 0 bridgehead atoms. The van der Waals surface area contributed by atoms with E-state index in [9.17, 15) is 10.1 Å². The molecule has 0 spiro atoms. The van der Waals surface area contributed by atoms with Gasteiger partial charge < -0.3 is 20.6 Å². The van der Waals surface area contributed by atoms with E-state index in [0.29, 0.717) is 0 Å². The molecule has 0 atom stereocenters. The number of aliphatic hydroxyl groups excluding tert-OH is 3. The van der Waals surface area contributed by atoms with Crippen LogP contribution in [0.4, 0.5) is 17.5 Å². The van der Waals surface area contributed by atoms with Crippen LogP contribution in [0.1, 0.15) is 0 Å². The molecule has 106 valence electrons. The highest BCUT2D eigenvalue weighted by molar-refractivity contribution is 5.58. The van der Waals surface area contributed by atoms with Gasteiger partial charge in [0.05, 0.1) is 24.7 Å². The van der Waals surface area contributed by atoms with Crippen molar-refractivity contribution in [3.05, 3.63) is 16.3 Å². The zero-order chi connectivity index (χ0) is 14.5. The molecular weight excluding hydrogens is 260 g/mol. The largest absolute Gasteiger partial charge is 0.394 e. The summed E-state index contributed by atoms with van der Waals surface area (Å²) in [5, 5.41) is 40.7. The fourth-order valence-corrected chi connectivity index (χ4v) is 1.19. The number of nitrogen functional groups attached to an aromatic ring is 1. The van der Waals surface area contributed by atoms with Gasteiger partial charge in [-0.3, -0.25) is 15.5 Å². The molecule has 11 nitrogen and oxygen atoms in total. The number of aromatic nitrogens is 2. The van der Waals surface area contributed by atoms with Gasteiger partial charge in [-0.15, -0.1) is 0 Å². The second-order valence-electron chi connectivity index (χ2n) is 3.71. The third-order valence-electron chi connectivity index (χ3n) is 2.39. The van der Waals surface area contributed by atoms with E-state index in [4.69, 9.17) is 21.2 Å². The number of rotatable bonds is 7. The number of anilines is 2. The van der Waals surface area contributed by atoms with Crippen LogP contribution < -0.4 is 16.6 Å². The Morgan fingerprint density at radius 3 is 2.37 bits per heavy atom. The van der Waals surface area contributed by atoms with Crippen LogP contribution in [0.15, 0.2) is 6.20 Å². The van der Waals surface area contributed by atoms with Crippen LogP contribution in [-0.2, 0) is 0 Å². The first-order valence-corrected chi connectivity index (χ1v) is 5.10. The summed E-state index contributed by atoms with van der Waals surface area (Å²) in [4.78, 5) is 17.3. The van der Waals surface area contributed by atoms with Crippen molar-refractivity contribution in [3.63, 3.8) is 0 Å². The van der Waals surface area contributed by atoms with Crippen molar-refractivity contribution < 1.29 is 20.2 Å². The van der Waals surface area contributed by atoms with Gasteiger partial charge in [-0.05, 0) is 0 Å². The van der Waals surface area contributed by atoms with E-state index < -0.39 is 36.0 Å². The number of nitrogens with one attached hydrogen (secondary N) is 2. The predicted molar refractivity (Wildman–Crippen MR) is 64.1 cm³/mol. The fourth-order valence-electron chi connectivity index (χ4n) is 1.19. The smallest absolute Gasteiger partial charge is 0.329 e. The molecule has 1 aromatic heterocycles. The van der Waals surface area contributed by atoms with Crippen LogP contribution in [0.2, 0.25) is 0 Å². The Kier molecular flexibility index (Phi) is 4.88. The number of aliphatic hydroxyl groups is 3. The van der Waals surface area contributed by atoms with Crippen molar-refractivity contribution in [3.8, 4) is 0 Å². The number of nitrogens with zero attached hydrogens (tertiary/aromatic N) is 3. The van der Waals surface area contributed by atoms with Gasteiger partial charge in [-0.25, -0.2) is 10.8 Å². The first-order valence-electron chi connectivity index (χ1n) is 5.10. The highest BCUT2D eigenvalue weighted by Gasteiger charge is 2.31. The molecule has 11 heteroatoms. The van der Waals surface area contributed by atoms with Gasteiger partial charge in [-0.1, -0.05) is 0 Å². The van der Waals surface area contributed by atoms with Crippen molar-refractivity contribution in [1.29, 1.82) is 0 Å². The summed E-state index contributed by atoms with van der Waals surface area (Å²) in [6.45, 7) is -1.98. The first kappa shape index (κ1) is 15.0. The highest BCUT2D eigenvalue weighted by atomic mass is 16.6. The van der Waals surface area contributed by atoms with E-state index >= 15 is 0 Å². The molecule has 0 aliphatic rings. The lowest BCUT2D eigenvalue weighted by molar-refractivity contribution is -0.384. The molecular formula is C8H14N6O5. The van der Waals surface area contributed by atoms with E-state index in [1.807, 2.05) is 0 Å². The Labute approximate surface area is 107 Å². The molecule has 0 aliphatic heterocycles. The van der Waals surface area contributed by atoms with E-state index in [2.05, 4.69) is 20.7 Å². The molecule has 0 aromatic carbocycles. The van der Waals surface area contributed by atoms with E-state index in [-0.39, 0.29) is 11.8 Å². The number of nitro groups is 1. The minimum atomic E-state index is -1.55. The lowest BCUT2D eigenvalue weighted by Crippen LogP contribution is -2.49. The molecule has 0 fully saturated rings. The van der Waals surface area contributed by atoms with Gasteiger partial charge in [0.15, 0.2) is 0 Å². The molecule has 0 saturated heterocycles. The van der Waals surface area contributed by atoms with Crippen LogP contribution in [-0.4, -0.2) is 55.6 Å². The zero-order valence-corrected chi connectivity index (χ0v) is 9.78. The number of hydrogen-bond acceptors (Lipinski definition) is 10. The van der Waals surface area contributed by atoms with E-state index in [1.165, 1.54) is 0 Å². The standard InChI is InChI=1S/C8H14N6O5/c9-13-7-10-1-5(14(18)19)6(11-7)12-8(2-15,3-16)4-17/h1,15-17H,2-4,9H2,(H2,10,11,12,13). The average molecular weight is 274 g/mol.